The molecule has 0 radical (unpaired) electrons. The minimum absolute atomic E-state index is 0.193. The summed E-state index contributed by atoms with van der Waals surface area (Å²) in [6, 6.07) is 0. The van der Waals surface area contributed by atoms with Gasteiger partial charge in [0, 0.05) is 18.3 Å². The third-order valence-corrected chi connectivity index (χ3v) is 4.00. The van der Waals surface area contributed by atoms with Crippen molar-refractivity contribution in [1.29, 1.82) is 0 Å². The minimum Gasteiger partial charge on any atom is -0.349 e. The van der Waals surface area contributed by atoms with Crippen LogP contribution in [0.5, 0.6) is 0 Å². The smallest absolute Gasteiger partial charge is 0.169 e. The van der Waals surface area contributed by atoms with Gasteiger partial charge in [0.1, 0.15) is 0 Å². The standard InChI is InChI=1S/C13H20O2/c1-12(2)8-14-13(15-9-12)6-10-4-3-5-11(10)7-13/h3-4,10-11H,5-9H2,1-2H3/t10-,11+/m0/s1. The van der Waals surface area contributed by atoms with Crippen LogP contribution in [0.25, 0.3) is 0 Å². The fraction of sp³-hybridized carbons (Fsp3) is 0.846. The summed E-state index contributed by atoms with van der Waals surface area (Å²) < 4.78 is 12.0. The molecule has 2 atom stereocenters. The molecular weight excluding hydrogens is 188 g/mol. The van der Waals surface area contributed by atoms with E-state index in [1.165, 1.54) is 6.42 Å². The minimum atomic E-state index is -0.227. The van der Waals surface area contributed by atoms with E-state index in [2.05, 4.69) is 26.0 Å². The molecule has 84 valence electrons. The first-order valence-electron chi connectivity index (χ1n) is 6.03. The molecule has 3 aliphatic rings. The van der Waals surface area contributed by atoms with Gasteiger partial charge in [0.15, 0.2) is 5.79 Å². The van der Waals surface area contributed by atoms with Crippen LogP contribution in [0.15, 0.2) is 12.2 Å². The third kappa shape index (κ3) is 1.64. The van der Waals surface area contributed by atoms with Crippen molar-refractivity contribution >= 4 is 0 Å². The van der Waals surface area contributed by atoms with E-state index in [1.54, 1.807) is 0 Å². The number of ether oxygens (including phenoxy) is 2. The predicted molar refractivity (Wildman–Crippen MR) is 58.4 cm³/mol. The average molecular weight is 208 g/mol. The number of rotatable bonds is 0. The van der Waals surface area contributed by atoms with Gasteiger partial charge in [0.25, 0.3) is 0 Å². The predicted octanol–water partition coefficient (Wildman–Crippen LogP) is 2.74. The first-order chi connectivity index (χ1) is 7.09. The van der Waals surface area contributed by atoms with E-state index >= 15 is 0 Å². The molecule has 2 aliphatic carbocycles. The van der Waals surface area contributed by atoms with Crippen molar-refractivity contribution < 1.29 is 9.47 Å². The van der Waals surface area contributed by atoms with Gasteiger partial charge in [-0.05, 0) is 18.3 Å². The highest BCUT2D eigenvalue weighted by Crippen LogP contribution is 2.50. The summed E-state index contributed by atoms with van der Waals surface area (Å²) in [7, 11) is 0. The van der Waals surface area contributed by atoms with Crippen LogP contribution >= 0.6 is 0 Å². The number of hydrogen-bond acceptors (Lipinski definition) is 2. The van der Waals surface area contributed by atoms with E-state index in [9.17, 15) is 0 Å². The third-order valence-electron chi connectivity index (χ3n) is 4.00. The molecule has 2 fully saturated rings. The highest BCUT2D eigenvalue weighted by atomic mass is 16.7. The van der Waals surface area contributed by atoms with Crippen molar-refractivity contribution in [2.75, 3.05) is 13.2 Å². The molecule has 1 aliphatic heterocycles. The molecule has 15 heavy (non-hydrogen) atoms. The Morgan fingerprint density at radius 2 is 1.87 bits per heavy atom. The van der Waals surface area contributed by atoms with Gasteiger partial charge in [-0.2, -0.15) is 0 Å². The molecule has 0 aromatic rings. The lowest BCUT2D eigenvalue weighted by atomic mass is 9.94. The van der Waals surface area contributed by atoms with Gasteiger partial charge < -0.3 is 9.47 Å². The topological polar surface area (TPSA) is 18.5 Å². The van der Waals surface area contributed by atoms with Crippen LogP contribution in [-0.4, -0.2) is 19.0 Å². The molecule has 0 amide bonds. The summed E-state index contributed by atoms with van der Waals surface area (Å²) in [5.74, 6) is 1.27. The highest BCUT2D eigenvalue weighted by Gasteiger charge is 2.50. The zero-order chi connectivity index (χ0) is 10.5. The molecule has 1 heterocycles. The molecular formula is C13H20O2. The fourth-order valence-corrected chi connectivity index (χ4v) is 3.04. The van der Waals surface area contributed by atoms with E-state index in [0.717, 1.165) is 32.0 Å². The van der Waals surface area contributed by atoms with Crippen molar-refractivity contribution in [1.82, 2.24) is 0 Å². The number of fused-ring (bicyclic) bond motifs is 1. The Morgan fingerprint density at radius 1 is 1.13 bits per heavy atom. The second-order valence-electron chi connectivity index (χ2n) is 6.15. The van der Waals surface area contributed by atoms with Crippen molar-refractivity contribution in [3.63, 3.8) is 0 Å². The number of hydrogen-bond donors (Lipinski definition) is 0. The molecule has 0 aromatic carbocycles. The molecule has 1 spiro atoms. The van der Waals surface area contributed by atoms with Gasteiger partial charge in [-0.25, -0.2) is 0 Å². The molecule has 2 nitrogen and oxygen atoms in total. The van der Waals surface area contributed by atoms with Gasteiger partial charge in [-0.15, -0.1) is 0 Å². The molecule has 0 unspecified atom stereocenters. The Kier molecular flexibility index (Phi) is 2.02. The molecule has 1 saturated heterocycles. The largest absolute Gasteiger partial charge is 0.349 e. The second kappa shape index (κ2) is 3.08. The van der Waals surface area contributed by atoms with Crippen LogP contribution in [0.1, 0.15) is 33.1 Å². The van der Waals surface area contributed by atoms with Crippen molar-refractivity contribution in [2.45, 2.75) is 38.9 Å². The summed E-state index contributed by atoms with van der Waals surface area (Å²) in [6.07, 6.45) is 8.06. The maximum Gasteiger partial charge on any atom is 0.169 e. The molecule has 3 rings (SSSR count). The van der Waals surface area contributed by atoms with Crippen LogP contribution in [0.2, 0.25) is 0 Å². The fourth-order valence-electron chi connectivity index (χ4n) is 3.04. The molecule has 2 heteroatoms. The second-order valence-corrected chi connectivity index (χ2v) is 6.15. The lowest BCUT2D eigenvalue weighted by molar-refractivity contribution is -0.296. The lowest BCUT2D eigenvalue weighted by Crippen LogP contribution is -2.46. The molecule has 1 saturated carbocycles. The summed E-state index contributed by atoms with van der Waals surface area (Å²) in [5.41, 5.74) is 0.193. The zero-order valence-corrected chi connectivity index (χ0v) is 9.66. The van der Waals surface area contributed by atoms with Crippen LogP contribution in [0.3, 0.4) is 0 Å². The van der Waals surface area contributed by atoms with Gasteiger partial charge in [-0.1, -0.05) is 26.0 Å². The van der Waals surface area contributed by atoms with Crippen molar-refractivity contribution in [3.05, 3.63) is 12.2 Å². The summed E-state index contributed by atoms with van der Waals surface area (Å²) in [5, 5.41) is 0. The van der Waals surface area contributed by atoms with Gasteiger partial charge >= 0.3 is 0 Å². The normalized spacial score (nSPS) is 40.9. The van der Waals surface area contributed by atoms with Crippen LogP contribution < -0.4 is 0 Å². The van der Waals surface area contributed by atoms with Gasteiger partial charge in [0.2, 0.25) is 0 Å². The maximum absolute atomic E-state index is 6.02. The van der Waals surface area contributed by atoms with E-state index < -0.39 is 0 Å². The molecule has 0 N–H and O–H groups in total. The van der Waals surface area contributed by atoms with E-state index in [0.29, 0.717) is 5.92 Å². The van der Waals surface area contributed by atoms with Crippen molar-refractivity contribution in [3.8, 4) is 0 Å². The highest BCUT2D eigenvalue weighted by molar-refractivity contribution is 5.08. The van der Waals surface area contributed by atoms with Crippen LogP contribution in [0.4, 0.5) is 0 Å². The average Bonchev–Trinajstić information content (AvgIpc) is 2.69. The summed E-state index contributed by atoms with van der Waals surface area (Å²) in [4.78, 5) is 0. The Hall–Kier alpha value is -0.340. The Labute approximate surface area is 91.6 Å². The molecule has 0 bridgehead atoms. The van der Waals surface area contributed by atoms with E-state index in [-0.39, 0.29) is 11.2 Å². The van der Waals surface area contributed by atoms with Crippen LogP contribution in [-0.2, 0) is 9.47 Å². The molecule has 0 aromatic heterocycles. The van der Waals surface area contributed by atoms with E-state index in [4.69, 9.17) is 9.47 Å². The van der Waals surface area contributed by atoms with E-state index in [1.807, 2.05) is 0 Å². The first-order valence-corrected chi connectivity index (χ1v) is 6.03. The monoisotopic (exact) mass is 208 g/mol. The Bertz CT molecular complexity index is 283. The summed E-state index contributed by atoms with van der Waals surface area (Å²) in [6.45, 7) is 6.09. The Morgan fingerprint density at radius 3 is 2.53 bits per heavy atom. The Balaban J connectivity index is 1.71. The number of allylic oxidation sites excluding steroid dienone is 2. The van der Waals surface area contributed by atoms with Crippen LogP contribution in [0, 0.1) is 17.3 Å². The first kappa shape index (κ1) is 9.86. The quantitative estimate of drug-likeness (QED) is 0.570. The zero-order valence-electron chi connectivity index (χ0n) is 9.66. The lowest BCUT2D eigenvalue weighted by Gasteiger charge is -2.41. The SMILES string of the molecule is CC1(C)COC2(C[C@H]3CC=C[C@H]3C2)OC1. The van der Waals surface area contributed by atoms with Gasteiger partial charge in [-0.3, -0.25) is 0 Å². The van der Waals surface area contributed by atoms with Gasteiger partial charge in [0.05, 0.1) is 13.2 Å². The van der Waals surface area contributed by atoms with Crippen molar-refractivity contribution in [2.24, 2.45) is 17.3 Å². The maximum atomic E-state index is 6.02. The summed E-state index contributed by atoms with van der Waals surface area (Å²) >= 11 is 0.